The van der Waals surface area contributed by atoms with E-state index >= 15 is 0 Å². The van der Waals surface area contributed by atoms with Crippen molar-refractivity contribution in [3.05, 3.63) is 23.8 Å². The van der Waals surface area contributed by atoms with Crippen LogP contribution in [0, 0.1) is 6.92 Å². The second-order valence-electron chi connectivity index (χ2n) is 2.81. The monoisotopic (exact) mass is 180 g/mol. The second kappa shape index (κ2) is 3.98. The van der Waals surface area contributed by atoms with Gasteiger partial charge in [-0.3, -0.25) is 4.79 Å². The first-order valence-corrected chi connectivity index (χ1v) is 4.01. The predicted molar refractivity (Wildman–Crippen MR) is 47.2 cm³/mol. The molecular formula is C9H12N2O2. The summed E-state index contributed by atoms with van der Waals surface area (Å²) in [6, 6.07) is 0. The van der Waals surface area contributed by atoms with Gasteiger partial charge >= 0.3 is 5.97 Å². The molecule has 1 rings (SSSR count). The fraction of sp³-hybridized carbons (Fsp3) is 0.444. The highest BCUT2D eigenvalue weighted by Gasteiger charge is 2.15. The van der Waals surface area contributed by atoms with Crippen LogP contribution in [0.5, 0.6) is 0 Å². The van der Waals surface area contributed by atoms with Crippen LogP contribution in [-0.2, 0) is 9.53 Å². The Labute approximate surface area is 77.0 Å². The van der Waals surface area contributed by atoms with E-state index in [9.17, 15) is 4.79 Å². The molecule has 0 aliphatic carbocycles. The van der Waals surface area contributed by atoms with Crippen LogP contribution >= 0.6 is 0 Å². The van der Waals surface area contributed by atoms with Crippen LogP contribution in [0.3, 0.4) is 0 Å². The standard InChI is InChI=1S/C9H12N2O2/c1-6(9(12)13-3)8-4-10-7(2)11-5-8/h4-6H,1-3H3. The highest BCUT2D eigenvalue weighted by atomic mass is 16.5. The number of aryl methyl sites for hydroxylation is 1. The van der Waals surface area contributed by atoms with Gasteiger partial charge in [0.2, 0.25) is 0 Å². The maximum Gasteiger partial charge on any atom is 0.312 e. The minimum absolute atomic E-state index is 0.271. The summed E-state index contributed by atoms with van der Waals surface area (Å²) in [6.45, 7) is 3.56. The van der Waals surface area contributed by atoms with E-state index in [4.69, 9.17) is 0 Å². The number of hydrogen-bond acceptors (Lipinski definition) is 4. The average molecular weight is 180 g/mol. The molecule has 0 aromatic carbocycles. The molecule has 1 aromatic rings. The molecular weight excluding hydrogens is 168 g/mol. The molecule has 0 spiro atoms. The Morgan fingerprint density at radius 3 is 2.46 bits per heavy atom. The number of aromatic nitrogens is 2. The van der Waals surface area contributed by atoms with Crippen LogP contribution in [-0.4, -0.2) is 23.0 Å². The normalized spacial score (nSPS) is 12.2. The summed E-state index contributed by atoms with van der Waals surface area (Å²) in [4.78, 5) is 19.1. The smallest absolute Gasteiger partial charge is 0.312 e. The highest BCUT2D eigenvalue weighted by molar-refractivity contribution is 5.77. The second-order valence-corrected chi connectivity index (χ2v) is 2.81. The fourth-order valence-corrected chi connectivity index (χ4v) is 0.939. The molecule has 0 saturated heterocycles. The largest absolute Gasteiger partial charge is 0.469 e. The quantitative estimate of drug-likeness (QED) is 0.638. The minimum atomic E-state index is -0.300. The summed E-state index contributed by atoms with van der Waals surface area (Å²) in [5.74, 6) is 0.124. The lowest BCUT2D eigenvalue weighted by Gasteiger charge is -2.07. The fourth-order valence-electron chi connectivity index (χ4n) is 0.939. The summed E-state index contributed by atoms with van der Waals surface area (Å²) < 4.78 is 4.60. The molecule has 1 heterocycles. The molecule has 1 atom stereocenters. The van der Waals surface area contributed by atoms with E-state index in [2.05, 4.69) is 14.7 Å². The van der Waals surface area contributed by atoms with Crippen molar-refractivity contribution < 1.29 is 9.53 Å². The number of ether oxygens (including phenoxy) is 1. The van der Waals surface area contributed by atoms with Gasteiger partial charge in [-0.15, -0.1) is 0 Å². The van der Waals surface area contributed by atoms with Gasteiger partial charge in [0.1, 0.15) is 5.82 Å². The topological polar surface area (TPSA) is 52.1 Å². The number of nitrogens with zero attached hydrogens (tertiary/aromatic N) is 2. The van der Waals surface area contributed by atoms with E-state index in [1.165, 1.54) is 7.11 Å². The van der Waals surface area contributed by atoms with Gasteiger partial charge < -0.3 is 4.74 Å². The summed E-state index contributed by atoms with van der Waals surface area (Å²) in [5, 5.41) is 0. The van der Waals surface area contributed by atoms with E-state index in [0.29, 0.717) is 5.82 Å². The number of methoxy groups -OCH3 is 1. The molecule has 0 radical (unpaired) electrons. The molecule has 13 heavy (non-hydrogen) atoms. The number of hydrogen-bond donors (Lipinski definition) is 0. The number of rotatable bonds is 2. The zero-order chi connectivity index (χ0) is 9.84. The van der Waals surface area contributed by atoms with Crippen LogP contribution in [0.4, 0.5) is 0 Å². The Kier molecular flexibility index (Phi) is 2.95. The Bertz CT molecular complexity index is 295. The van der Waals surface area contributed by atoms with Gasteiger partial charge in [0.25, 0.3) is 0 Å². The predicted octanol–water partition coefficient (Wildman–Crippen LogP) is 1.06. The van der Waals surface area contributed by atoms with Gasteiger partial charge in [0.05, 0.1) is 13.0 Å². The number of carbonyl (C=O) groups is 1. The molecule has 0 N–H and O–H groups in total. The third-order valence-corrected chi connectivity index (χ3v) is 1.86. The van der Waals surface area contributed by atoms with Crippen LogP contribution in [0.25, 0.3) is 0 Å². The first-order chi connectivity index (χ1) is 6.15. The van der Waals surface area contributed by atoms with Crippen molar-refractivity contribution >= 4 is 5.97 Å². The van der Waals surface area contributed by atoms with E-state index in [1.807, 2.05) is 0 Å². The van der Waals surface area contributed by atoms with Crippen molar-refractivity contribution in [2.24, 2.45) is 0 Å². The highest BCUT2D eigenvalue weighted by Crippen LogP contribution is 2.13. The maximum absolute atomic E-state index is 11.1. The molecule has 0 amide bonds. The zero-order valence-corrected chi connectivity index (χ0v) is 7.94. The maximum atomic E-state index is 11.1. The Morgan fingerprint density at radius 1 is 1.46 bits per heavy atom. The van der Waals surface area contributed by atoms with Crippen molar-refractivity contribution in [3.8, 4) is 0 Å². The first kappa shape index (κ1) is 9.64. The Morgan fingerprint density at radius 2 is 2.00 bits per heavy atom. The third kappa shape index (κ3) is 2.24. The van der Waals surface area contributed by atoms with Crippen molar-refractivity contribution in [1.82, 2.24) is 9.97 Å². The molecule has 4 heteroatoms. The average Bonchev–Trinajstić information content (AvgIpc) is 2.17. The lowest BCUT2D eigenvalue weighted by Crippen LogP contribution is -2.11. The van der Waals surface area contributed by atoms with Gasteiger partial charge in [0.15, 0.2) is 0 Å². The molecule has 1 unspecified atom stereocenters. The van der Waals surface area contributed by atoms with Crippen LogP contribution in [0.15, 0.2) is 12.4 Å². The number of esters is 1. The van der Waals surface area contributed by atoms with E-state index in [1.54, 1.807) is 26.2 Å². The SMILES string of the molecule is COC(=O)C(C)c1cnc(C)nc1. The van der Waals surface area contributed by atoms with Crippen molar-refractivity contribution in [1.29, 1.82) is 0 Å². The Hall–Kier alpha value is -1.45. The molecule has 0 saturated carbocycles. The van der Waals surface area contributed by atoms with Crippen molar-refractivity contribution in [2.75, 3.05) is 7.11 Å². The van der Waals surface area contributed by atoms with Gasteiger partial charge in [-0.1, -0.05) is 0 Å². The first-order valence-electron chi connectivity index (χ1n) is 4.01. The summed E-state index contributed by atoms with van der Waals surface area (Å²) >= 11 is 0. The van der Waals surface area contributed by atoms with Crippen LogP contribution < -0.4 is 0 Å². The van der Waals surface area contributed by atoms with E-state index < -0.39 is 0 Å². The lowest BCUT2D eigenvalue weighted by molar-refractivity contribution is -0.142. The molecule has 70 valence electrons. The molecule has 0 fully saturated rings. The minimum Gasteiger partial charge on any atom is -0.469 e. The van der Waals surface area contributed by atoms with Gasteiger partial charge in [-0.2, -0.15) is 0 Å². The lowest BCUT2D eigenvalue weighted by atomic mass is 10.1. The van der Waals surface area contributed by atoms with E-state index in [0.717, 1.165) is 5.56 Å². The third-order valence-electron chi connectivity index (χ3n) is 1.86. The molecule has 4 nitrogen and oxygen atoms in total. The zero-order valence-electron chi connectivity index (χ0n) is 7.94. The Balaban J connectivity index is 2.83. The number of carbonyl (C=O) groups excluding carboxylic acids is 1. The molecule has 1 aromatic heterocycles. The van der Waals surface area contributed by atoms with Crippen molar-refractivity contribution in [2.45, 2.75) is 19.8 Å². The van der Waals surface area contributed by atoms with Crippen LogP contribution in [0.1, 0.15) is 24.2 Å². The molecule has 0 aliphatic rings. The van der Waals surface area contributed by atoms with Crippen LogP contribution in [0.2, 0.25) is 0 Å². The molecule has 0 bridgehead atoms. The van der Waals surface area contributed by atoms with Gasteiger partial charge in [-0.25, -0.2) is 9.97 Å². The summed E-state index contributed by atoms with van der Waals surface area (Å²) in [6.07, 6.45) is 3.29. The summed E-state index contributed by atoms with van der Waals surface area (Å²) in [7, 11) is 1.37. The van der Waals surface area contributed by atoms with Gasteiger partial charge in [0, 0.05) is 18.0 Å². The van der Waals surface area contributed by atoms with Gasteiger partial charge in [-0.05, 0) is 13.8 Å². The summed E-state index contributed by atoms with van der Waals surface area (Å²) in [5.41, 5.74) is 0.775. The van der Waals surface area contributed by atoms with E-state index in [-0.39, 0.29) is 11.9 Å². The van der Waals surface area contributed by atoms with Crippen molar-refractivity contribution in [3.63, 3.8) is 0 Å². The molecule has 0 aliphatic heterocycles.